The third-order valence-electron chi connectivity index (χ3n) is 2.28. The van der Waals surface area contributed by atoms with E-state index in [0.29, 0.717) is 21.5 Å². The Morgan fingerprint density at radius 2 is 2.06 bits per heavy atom. The number of benzene rings is 1. The monoisotopic (exact) mass is 326 g/mol. The molecule has 1 aliphatic heterocycles. The second-order valence-corrected chi connectivity index (χ2v) is 7.02. The molecular formula is C9H8BrClO4S. The fraction of sp³-hybridized carbons (Fsp3) is 0.333. The molecule has 0 bridgehead atoms. The molecule has 1 aliphatic rings. The van der Waals surface area contributed by atoms with Crippen molar-refractivity contribution < 1.29 is 17.9 Å². The molecule has 16 heavy (non-hydrogen) atoms. The van der Waals surface area contributed by atoms with E-state index in [-0.39, 0.29) is 12.5 Å². The summed E-state index contributed by atoms with van der Waals surface area (Å²) in [6.45, 7) is 1.92. The highest BCUT2D eigenvalue weighted by Crippen LogP contribution is 2.43. The highest BCUT2D eigenvalue weighted by atomic mass is 79.9. The first-order valence-corrected chi connectivity index (χ1v) is 7.65. The number of rotatable bonds is 2. The minimum Gasteiger partial charge on any atom is -0.453 e. The van der Waals surface area contributed by atoms with E-state index in [0.717, 1.165) is 5.56 Å². The quantitative estimate of drug-likeness (QED) is 0.783. The predicted molar refractivity (Wildman–Crippen MR) is 63.5 cm³/mol. The summed E-state index contributed by atoms with van der Waals surface area (Å²) < 4.78 is 33.3. The summed E-state index contributed by atoms with van der Waals surface area (Å²) in [5.74, 6) is 0.952. The highest BCUT2D eigenvalue weighted by molar-refractivity contribution is 9.10. The van der Waals surface area contributed by atoms with Gasteiger partial charge in [-0.25, -0.2) is 8.42 Å². The second kappa shape index (κ2) is 4.09. The van der Waals surface area contributed by atoms with Crippen molar-refractivity contribution in [3.63, 3.8) is 0 Å². The molecular weight excluding hydrogens is 320 g/mol. The van der Waals surface area contributed by atoms with Crippen molar-refractivity contribution in [1.82, 2.24) is 0 Å². The fourth-order valence-electron chi connectivity index (χ4n) is 1.54. The molecule has 2 rings (SSSR count). The third kappa shape index (κ3) is 2.28. The van der Waals surface area contributed by atoms with Gasteiger partial charge in [-0.05, 0) is 40.0 Å². The average Bonchev–Trinajstić information content (AvgIpc) is 2.60. The zero-order valence-corrected chi connectivity index (χ0v) is 11.4. The molecule has 1 aromatic rings. The summed E-state index contributed by atoms with van der Waals surface area (Å²) in [6, 6.07) is 1.68. The lowest BCUT2D eigenvalue weighted by Gasteiger charge is -2.08. The van der Waals surface area contributed by atoms with Crippen LogP contribution in [0.3, 0.4) is 0 Å². The molecule has 0 aliphatic carbocycles. The van der Waals surface area contributed by atoms with Crippen LogP contribution in [0.2, 0.25) is 0 Å². The van der Waals surface area contributed by atoms with E-state index in [2.05, 4.69) is 15.9 Å². The Morgan fingerprint density at radius 3 is 2.69 bits per heavy atom. The zero-order valence-electron chi connectivity index (χ0n) is 8.29. The molecule has 0 saturated carbocycles. The van der Waals surface area contributed by atoms with Crippen LogP contribution in [0.15, 0.2) is 10.5 Å². The van der Waals surface area contributed by atoms with Gasteiger partial charge in [0.05, 0.1) is 10.2 Å². The molecule has 0 saturated heterocycles. The van der Waals surface area contributed by atoms with Gasteiger partial charge in [0.25, 0.3) is 0 Å². The van der Waals surface area contributed by atoms with Gasteiger partial charge < -0.3 is 9.47 Å². The van der Waals surface area contributed by atoms with E-state index < -0.39 is 9.05 Å². The highest BCUT2D eigenvalue weighted by Gasteiger charge is 2.23. The lowest BCUT2D eigenvalue weighted by Crippen LogP contribution is -1.99. The minimum atomic E-state index is -3.58. The van der Waals surface area contributed by atoms with E-state index in [1.807, 2.05) is 0 Å². The van der Waals surface area contributed by atoms with Gasteiger partial charge in [0.2, 0.25) is 15.8 Å². The van der Waals surface area contributed by atoms with Crippen LogP contribution >= 0.6 is 26.6 Å². The van der Waals surface area contributed by atoms with Crippen LogP contribution in [-0.2, 0) is 14.8 Å². The molecule has 1 aromatic carbocycles. The lowest BCUT2D eigenvalue weighted by molar-refractivity contribution is 0.173. The molecule has 0 N–H and O–H groups in total. The zero-order chi connectivity index (χ0) is 11.9. The number of fused-ring (bicyclic) bond motifs is 1. The van der Waals surface area contributed by atoms with Crippen LogP contribution in [-0.4, -0.2) is 15.2 Å². The molecule has 0 fully saturated rings. The van der Waals surface area contributed by atoms with Crippen LogP contribution in [0, 0.1) is 6.92 Å². The lowest BCUT2D eigenvalue weighted by atomic mass is 10.1. The second-order valence-electron chi connectivity index (χ2n) is 3.39. The van der Waals surface area contributed by atoms with Crippen molar-refractivity contribution in [2.24, 2.45) is 0 Å². The van der Waals surface area contributed by atoms with Gasteiger partial charge in [-0.3, -0.25) is 0 Å². The normalized spacial score (nSPS) is 14.2. The van der Waals surface area contributed by atoms with Crippen LogP contribution in [0.5, 0.6) is 11.5 Å². The largest absolute Gasteiger partial charge is 0.453 e. The van der Waals surface area contributed by atoms with E-state index >= 15 is 0 Å². The average molecular weight is 328 g/mol. The van der Waals surface area contributed by atoms with E-state index in [9.17, 15) is 8.42 Å². The molecule has 0 spiro atoms. The summed E-state index contributed by atoms with van der Waals surface area (Å²) >= 11 is 3.30. The molecule has 88 valence electrons. The van der Waals surface area contributed by atoms with Gasteiger partial charge in [-0.2, -0.15) is 0 Å². The fourth-order valence-corrected chi connectivity index (χ4v) is 3.14. The van der Waals surface area contributed by atoms with Gasteiger partial charge in [-0.1, -0.05) is 0 Å². The maximum atomic E-state index is 11.0. The standard InChI is InChI=1S/C9H8BrClO4S/c1-5-6(3-16(11,12)13)2-7(10)9-8(5)14-4-15-9/h2H,3-4H2,1H3. The Labute approximate surface area is 106 Å². The molecule has 0 amide bonds. The Morgan fingerprint density at radius 1 is 1.44 bits per heavy atom. The van der Waals surface area contributed by atoms with Gasteiger partial charge in [0.1, 0.15) is 0 Å². The number of halogens is 2. The molecule has 0 radical (unpaired) electrons. The summed E-state index contributed by atoms with van der Waals surface area (Å²) in [4.78, 5) is 0. The molecule has 0 aromatic heterocycles. The molecule has 1 heterocycles. The summed E-state index contributed by atoms with van der Waals surface area (Å²) in [5.41, 5.74) is 1.34. The Hall–Kier alpha value is -0.460. The molecule has 0 unspecified atom stereocenters. The van der Waals surface area contributed by atoms with Crippen molar-refractivity contribution in [2.75, 3.05) is 6.79 Å². The molecule has 7 heteroatoms. The third-order valence-corrected chi connectivity index (χ3v) is 3.85. The Bertz CT molecular complexity index is 541. The van der Waals surface area contributed by atoms with Gasteiger partial charge in [0.15, 0.2) is 11.5 Å². The van der Waals surface area contributed by atoms with E-state index in [1.165, 1.54) is 0 Å². The van der Waals surface area contributed by atoms with Crippen molar-refractivity contribution in [1.29, 1.82) is 0 Å². The topological polar surface area (TPSA) is 52.6 Å². The first-order chi connectivity index (χ1) is 7.38. The van der Waals surface area contributed by atoms with Gasteiger partial charge >= 0.3 is 0 Å². The summed E-state index contributed by atoms with van der Waals surface area (Å²) in [7, 11) is 1.65. The first kappa shape index (κ1) is 12.0. The first-order valence-electron chi connectivity index (χ1n) is 4.38. The molecule has 4 nitrogen and oxygen atoms in total. The smallest absolute Gasteiger partial charge is 0.236 e. The maximum absolute atomic E-state index is 11.0. The van der Waals surface area contributed by atoms with Crippen molar-refractivity contribution >= 4 is 35.7 Å². The van der Waals surface area contributed by atoms with Gasteiger partial charge in [0, 0.05) is 10.7 Å². The number of hydrogen-bond donors (Lipinski definition) is 0. The van der Waals surface area contributed by atoms with Crippen molar-refractivity contribution in [3.8, 4) is 11.5 Å². The van der Waals surface area contributed by atoms with E-state index in [1.54, 1.807) is 13.0 Å². The van der Waals surface area contributed by atoms with Crippen LogP contribution < -0.4 is 9.47 Å². The Balaban J connectivity index is 2.53. The minimum absolute atomic E-state index is 0.145. The van der Waals surface area contributed by atoms with E-state index in [4.69, 9.17) is 20.2 Å². The van der Waals surface area contributed by atoms with Crippen LogP contribution in [0.25, 0.3) is 0 Å². The SMILES string of the molecule is Cc1c(CS(=O)(=O)Cl)cc(Br)c2c1OCO2. The van der Waals surface area contributed by atoms with Gasteiger partial charge in [-0.15, -0.1) is 0 Å². The van der Waals surface area contributed by atoms with Crippen molar-refractivity contribution in [2.45, 2.75) is 12.7 Å². The number of hydrogen-bond acceptors (Lipinski definition) is 4. The summed E-state index contributed by atoms with van der Waals surface area (Å²) in [6.07, 6.45) is 0. The van der Waals surface area contributed by atoms with Crippen molar-refractivity contribution in [3.05, 3.63) is 21.7 Å². The molecule has 0 atom stereocenters. The van der Waals surface area contributed by atoms with Crippen LogP contribution in [0.4, 0.5) is 0 Å². The maximum Gasteiger partial charge on any atom is 0.236 e. The number of ether oxygens (including phenoxy) is 2. The summed E-state index contributed by atoms with van der Waals surface area (Å²) in [5, 5.41) is 0. The van der Waals surface area contributed by atoms with Crippen LogP contribution in [0.1, 0.15) is 11.1 Å². The Kier molecular flexibility index (Phi) is 3.07. The predicted octanol–water partition coefficient (Wildman–Crippen LogP) is 2.55.